The molecule has 0 saturated heterocycles. The summed E-state index contributed by atoms with van der Waals surface area (Å²) in [5, 5.41) is 8.78. The van der Waals surface area contributed by atoms with Crippen LogP contribution < -0.4 is 4.74 Å². The Morgan fingerprint density at radius 3 is 2.86 bits per heavy atom. The minimum absolute atomic E-state index is 0.0214. The Morgan fingerprint density at radius 1 is 1.50 bits per heavy atom. The van der Waals surface area contributed by atoms with E-state index in [1.807, 2.05) is 19.9 Å². The molecule has 0 spiro atoms. The lowest BCUT2D eigenvalue weighted by molar-refractivity contribution is 0.138. The zero-order chi connectivity index (χ0) is 10.3. The van der Waals surface area contributed by atoms with E-state index in [-0.39, 0.29) is 11.2 Å². The standard InChI is InChI=1S/C11H10FNO/c1-11(2)5-7-3-4-9(12)8(6-13)10(7)14-11/h3-4H,5H2,1-2H3. The zero-order valence-corrected chi connectivity index (χ0v) is 8.10. The van der Waals surface area contributed by atoms with Crippen LogP contribution in [0.4, 0.5) is 4.39 Å². The number of hydrogen-bond donors (Lipinski definition) is 0. The Hall–Kier alpha value is -1.56. The van der Waals surface area contributed by atoms with Gasteiger partial charge >= 0.3 is 0 Å². The molecule has 1 aromatic carbocycles. The maximum absolute atomic E-state index is 13.2. The van der Waals surface area contributed by atoms with Gasteiger partial charge in [-0.2, -0.15) is 5.26 Å². The van der Waals surface area contributed by atoms with E-state index in [9.17, 15) is 4.39 Å². The first kappa shape index (κ1) is 9.01. The second-order valence-corrected chi connectivity index (χ2v) is 4.06. The van der Waals surface area contributed by atoms with E-state index >= 15 is 0 Å². The van der Waals surface area contributed by atoms with E-state index in [1.165, 1.54) is 6.07 Å². The highest BCUT2D eigenvalue weighted by Gasteiger charge is 2.32. The van der Waals surface area contributed by atoms with Crippen LogP contribution in [0.25, 0.3) is 0 Å². The van der Waals surface area contributed by atoms with Crippen molar-refractivity contribution in [3.05, 3.63) is 29.1 Å². The Labute approximate surface area is 81.9 Å². The second-order valence-electron chi connectivity index (χ2n) is 4.06. The molecule has 1 aromatic rings. The van der Waals surface area contributed by atoms with Crippen LogP contribution in [0, 0.1) is 17.1 Å². The SMILES string of the molecule is CC1(C)Cc2ccc(F)c(C#N)c2O1. The highest BCUT2D eigenvalue weighted by molar-refractivity contribution is 5.52. The summed E-state index contributed by atoms with van der Waals surface area (Å²) in [6, 6.07) is 4.84. The van der Waals surface area contributed by atoms with Crippen molar-refractivity contribution in [2.45, 2.75) is 25.9 Å². The van der Waals surface area contributed by atoms with Gasteiger partial charge in [-0.1, -0.05) is 6.07 Å². The lowest BCUT2D eigenvalue weighted by atomic mass is 10.0. The number of nitrogens with zero attached hydrogens (tertiary/aromatic N) is 1. The third-order valence-electron chi connectivity index (χ3n) is 2.29. The van der Waals surface area contributed by atoms with Crippen molar-refractivity contribution < 1.29 is 9.13 Å². The molecule has 72 valence electrons. The normalized spacial score (nSPS) is 17.0. The first-order valence-electron chi connectivity index (χ1n) is 4.44. The number of rotatable bonds is 0. The molecule has 1 aliphatic rings. The summed E-state index contributed by atoms with van der Waals surface area (Å²) < 4.78 is 18.7. The van der Waals surface area contributed by atoms with Crippen LogP contribution in [-0.4, -0.2) is 5.60 Å². The molecule has 1 heterocycles. The van der Waals surface area contributed by atoms with Crippen LogP contribution in [0.1, 0.15) is 25.0 Å². The lowest BCUT2D eigenvalue weighted by Crippen LogP contribution is -2.24. The number of hydrogen-bond acceptors (Lipinski definition) is 2. The van der Waals surface area contributed by atoms with Gasteiger partial charge in [0, 0.05) is 6.42 Å². The fourth-order valence-corrected chi connectivity index (χ4v) is 1.73. The van der Waals surface area contributed by atoms with Gasteiger partial charge in [0.1, 0.15) is 28.8 Å². The van der Waals surface area contributed by atoms with Gasteiger partial charge in [0.15, 0.2) is 0 Å². The Kier molecular flexibility index (Phi) is 1.75. The minimum Gasteiger partial charge on any atom is -0.486 e. The van der Waals surface area contributed by atoms with E-state index in [0.29, 0.717) is 5.75 Å². The van der Waals surface area contributed by atoms with Crippen molar-refractivity contribution >= 4 is 0 Å². The fraction of sp³-hybridized carbons (Fsp3) is 0.364. The quantitative estimate of drug-likeness (QED) is 0.630. The van der Waals surface area contributed by atoms with Gasteiger partial charge < -0.3 is 4.74 Å². The maximum Gasteiger partial charge on any atom is 0.144 e. The van der Waals surface area contributed by atoms with Crippen molar-refractivity contribution in [1.29, 1.82) is 5.26 Å². The molecule has 0 fully saturated rings. The molecule has 0 aromatic heterocycles. The van der Waals surface area contributed by atoms with Crippen LogP contribution in [0.5, 0.6) is 5.75 Å². The summed E-state index contributed by atoms with van der Waals surface area (Å²) in [5.74, 6) is -0.0959. The van der Waals surface area contributed by atoms with Crippen molar-refractivity contribution in [3.63, 3.8) is 0 Å². The largest absolute Gasteiger partial charge is 0.486 e. The number of ether oxygens (including phenoxy) is 1. The van der Waals surface area contributed by atoms with E-state index in [2.05, 4.69) is 0 Å². The number of fused-ring (bicyclic) bond motifs is 1. The second kappa shape index (κ2) is 2.71. The third-order valence-corrected chi connectivity index (χ3v) is 2.29. The Bertz CT molecular complexity index is 432. The van der Waals surface area contributed by atoms with Gasteiger partial charge in [-0.15, -0.1) is 0 Å². The summed E-state index contributed by atoms with van der Waals surface area (Å²) in [7, 11) is 0. The van der Waals surface area contributed by atoms with Crippen LogP contribution >= 0.6 is 0 Å². The molecule has 1 aliphatic heterocycles. The molecule has 0 N–H and O–H groups in total. The Morgan fingerprint density at radius 2 is 2.21 bits per heavy atom. The fourth-order valence-electron chi connectivity index (χ4n) is 1.73. The smallest absolute Gasteiger partial charge is 0.144 e. The maximum atomic E-state index is 13.2. The van der Waals surface area contributed by atoms with Crippen molar-refractivity contribution in [3.8, 4) is 11.8 Å². The molecule has 3 heteroatoms. The van der Waals surface area contributed by atoms with Gasteiger partial charge in [-0.3, -0.25) is 0 Å². The first-order chi connectivity index (χ1) is 6.53. The predicted molar refractivity (Wildman–Crippen MR) is 49.5 cm³/mol. The van der Waals surface area contributed by atoms with E-state index in [1.54, 1.807) is 6.07 Å². The van der Waals surface area contributed by atoms with Crippen LogP contribution in [0.2, 0.25) is 0 Å². The molecular weight excluding hydrogens is 181 g/mol. The van der Waals surface area contributed by atoms with Gasteiger partial charge in [-0.25, -0.2) is 4.39 Å². The van der Waals surface area contributed by atoms with E-state index < -0.39 is 5.82 Å². The first-order valence-corrected chi connectivity index (χ1v) is 4.44. The van der Waals surface area contributed by atoms with Crippen molar-refractivity contribution in [2.75, 3.05) is 0 Å². The van der Waals surface area contributed by atoms with Crippen molar-refractivity contribution in [1.82, 2.24) is 0 Å². The van der Waals surface area contributed by atoms with Gasteiger partial charge in [-0.05, 0) is 25.5 Å². The molecule has 14 heavy (non-hydrogen) atoms. The lowest BCUT2D eigenvalue weighted by Gasteiger charge is -2.17. The van der Waals surface area contributed by atoms with Gasteiger partial charge in [0.05, 0.1) is 0 Å². The molecule has 0 amide bonds. The highest BCUT2D eigenvalue weighted by atomic mass is 19.1. The average Bonchev–Trinajstić information content (AvgIpc) is 2.39. The number of benzene rings is 1. The third kappa shape index (κ3) is 1.24. The zero-order valence-electron chi connectivity index (χ0n) is 8.10. The molecule has 0 aliphatic carbocycles. The summed E-state index contributed by atoms with van der Waals surface area (Å²) in [6.07, 6.45) is 0.720. The summed E-state index contributed by atoms with van der Waals surface area (Å²) >= 11 is 0. The Balaban J connectivity index is 2.59. The molecule has 0 unspecified atom stereocenters. The summed E-state index contributed by atoms with van der Waals surface area (Å²) in [5.41, 5.74) is 0.600. The number of nitriles is 1. The summed E-state index contributed by atoms with van der Waals surface area (Å²) in [4.78, 5) is 0. The molecule has 0 atom stereocenters. The molecular formula is C11H10FNO. The molecule has 0 radical (unpaired) electrons. The predicted octanol–water partition coefficient (Wildman–Crippen LogP) is 2.41. The molecule has 0 bridgehead atoms. The van der Waals surface area contributed by atoms with Gasteiger partial charge in [0.2, 0.25) is 0 Å². The molecule has 2 nitrogen and oxygen atoms in total. The van der Waals surface area contributed by atoms with Crippen molar-refractivity contribution in [2.24, 2.45) is 0 Å². The topological polar surface area (TPSA) is 33.0 Å². The number of halogens is 1. The minimum atomic E-state index is -0.510. The van der Waals surface area contributed by atoms with E-state index in [4.69, 9.17) is 10.00 Å². The van der Waals surface area contributed by atoms with Gasteiger partial charge in [0.25, 0.3) is 0 Å². The van der Waals surface area contributed by atoms with E-state index in [0.717, 1.165) is 12.0 Å². The highest BCUT2D eigenvalue weighted by Crippen LogP contribution is 2.38. The monoisotopic (exact) mass is 191 g/mol. The molecule has 0 saturated carbocycles. The van der Waals surface area contributed by atoms with Crippen LogP contribution in [0.15, 0.2) is 12.1 Å². The van der Waals surface area contributed by atoms with Crippen LogP contribution in [0.3, 0.4) is 0 Å². The average molecular weight is 191 g/mol. The van der Waals surface area contributed by atoms with Crippen LogP contribution in [-0.2, 0) is 6.42 Å². The summed E-state index contributed by atoms with van der Waals surface area (Å²) in [6.45, 7) is 3.85. The molecule has 2 rings (SSSR count).